The first-order valence-electron chi connectivity index (χ1n) is 6.59. The van der Waals surface area contributed by atoms with Crippen LogP contribution in [0.4, 0.5) is 0 Å². The molecule has 96 valence electrons. The maximum absolute atomic E-state index is 3.39. The number of hydrogen-bond donors (Lipinski definition) is 1. The van der Waals surface area contributed by atoms with E-state index >= 15 is 0 Å². The van der Waals surface area contributed by atoms with Gasteiger partial charge >= 0.3 is 0 Å². The highest BCUT2D eigenvalue weighted by atomic mass is 14.9. The number of rotatable bonds is 4. The van der Waals surface area contributed by atoms with Gasteiger partial charge in [0.05, 0.1) is 6.54 Å². The van der Waals surface area contributed by atoms with Crippen LogP contribution in [-0.4, -0.2) is 6.54 Å². The molecule has 2 aromatic carbocycles. The fourth-order valence-electron chi connectivity index (χ4n) is 2.01. The van der Waals surface area contributed by atoms with Crippen LogP contribution < -0.4 is 5.32 Å². The highest BCUT2D eigenvalue weighted by Crippen LogP contribution is 2.21. The lowest BCUT2D eigenvalue weighted by molar-refractivity contribution is 0.623. The average molecular weight is 249 g/mol. The van der Waals surface area contributed by atoms with Gasteiger partial charge in [0, 0.05) is 6.04 Å². The van der Waals surface area contributed by atoms with E-state index in [2.05, 4.69) is 72.6 Å². The molecule has 0 aliphatic carbocycles. The molecule has 0 bridgehead atoms. The third kappa shape index (κ3) is 3.71. The van der Waals surface area contributed by atoms with Crippen LogP contribution in [0.15, 0.2) is 54.6 Å². The smallest absolute Gasteiger partial charge is 0.0581 e. The molecular weight excluding hydrogens is 230 g/mol. The van der Waals surface area contributed by atoms with E-state index in [4.69, 9.17) is 0 Å². The molecule has 0 heterocycles. The van der Waals surface area contributed by atoms with Gasteiger partial charge in [-0.25, -0.2) is 0 Å². The summed E-state index contributed by atoms with van der Waals surface area (Å²) in [5, 5.41) is 3.39. The van der Waals surface area contributed by atoms with Crippen molar-refractivity contribution in [1.29, 1.82) is 0 Å². The van der Waals surface area contributed by atoms with Gasteiger partial charge in [-0.3, -0.25) is 5.32 Å². The molecule has 0 aromatic heterocycles. The van der Waals surface area contributed by atoms with Crippen molar-refractivity contribution in [3.05, 3.63) is 60.2 Å². The molecule has 1 N–H and O–H groups in total. The minimum Gasteiger partial charge on any atom is -0.300 e. The standard InChI is InChI=1S/C18H19N/c1-3-4-14-19-15(2)16-10-12-18(13-11-16)17-8-6-5-7-9-17/h5-13,15,19H,14H2,1-2H3. The van der Waals surface area contributed by atoms with Crippen molar-refractivity contribution in [2.75, 3.05) is 6.54 Å². The molecule has 0 amide bonds. The van der Waals surface area contributed by atoms with E-state index in [0.717, 1.165) is 6.54 Å². The van der Waals surface area contributed by atoms with Crippen molar-refractivity contribution in [3.63, 3.8) is 0 Å². The highest BCUT2D eigenvalue weighted by molar-refractivity contribution is 5.63. The number of hydrogen-bond acceptors (Lipinski definition) is 1. The van der Waals surface area contributed by atoms with Crippen LogP contribution >= 0.6 is 0 Å². The van der Waals surface area contributed by atoms with Crippen molar-refractivity contribution < 1.29 is 0 Å². The highest BCUT2D eigenvalue weighted by Gasteiger charge is 2.04. The lowest BCUT2D eigenvalue weighted by Gasteiger charge is -2.13. The summed E-state index contributed by atoms with van der Waals surface area (Å²) in [4.78, 5) is 0. The van der Waals surface area contributed by atoms with Gasteiger partial charge in [-0.05, 0) is 30.5 Å². The maximum Gasteiger partial charge on any atom is 0.0581 e. The third-order valence-electron chi connectivity index (χ3n) is 3.19. The van der Waals surface area contributed by atoms with Crippen LogP contribution in [0.25, 0.3) is 11.1 Å². The van der Waals surface area contributed by atoms with Gasteiger partial charge in [0.25, 0.3) is 0 Å². The van der Waals surface area contributed by atoms with Gasteiger partial charge in [-0.15, -0.1) is 5.92 Å². The van der Waals surface area contributed by atoms with Gasteiger partial charge in [-0.2, -0.15) is 0 Å². The summed E-state index contributed by atoms with van der Waals surface area (Å²) in [6, 6.07) is 19.5. The molecule has 0 saturated heterocycles. The lowest BCUT2D eigenvalue weighted by atomic mass is 10.0. The quantitative estimate of drug-likeness (QED) is 0.807. The topological polar surface area (TPSA) is 12.0 Å². The minimum absolute atomic E-state index is 0.325. The Balaban J connectivity index is 2.07. The zero-order valence-corrected chi connectivity index (χ0v) is 11.5. The van der Waals surface area contributed by atoms with Crippen LogP contribution in [0, 0.1) is 11.8 Å². The van der Waals surface area contributed by atoms with Crippen LogP contribution in [0.3, 0.4) is 0 Å². The molecule has 0 fully saturated rings. The Labute approximate surface area is 115 Å². The van der Waals surface area contributed by atoms with Crippen LogP contribution in [0.1, 0.15) is 25.5 Å². The fraction of sp³-hybridized carbons (Fsp3) is 0.222. The van der Waals surface area contributed by atoms with Crippen molar-refractivity contribution in [2.45, 2.75) is 19.9 Å². The normalized spacial score (nSPS) is 11.5. The Bertz CT molecular complexity index is 558. The summed E-state index contributed by atoms with van der Waals surface area (Å²) in [5.41, 5.74) is 3.80. The predicted octanol–water partition coefficient (Wildman–Crippen LogP) is 4.03. The largest absolute Gasteiger partial charge is 0.300 e. The monoisotopic (exact) mass is 249 g/mol. The summed E-state index contributed by atoms with van der Waals surface area (Å²) in [6.07, 6.45) is 0. The molecule has 1 heteroatoms. The van der Waals surface area contributed by atoms with E-state index < -0.39 is 0 Å². The summed E-state index contributed by atoms with van der Waals surface area (Å²) < 4.78 is 0. The third-order valence-corrected chi connectivity index (χ3v) is 3.19. The summed E-state index contributed by atoms with van der Waals surface area (Å²) in [7, 11) is 0. The summed E-state index contributed by atoms with van der Waals surface area (Å²) >= 11 is 0. The van der Waals surface area contributed by atoms with Crippen LogP contribution in [0.2, 0.25) is 0 Å². The van der Waals surface area contributed by atoms with Gasteiger partial charge in [0.2, 0.25) is 0 Å². The first kappa shape index (κ1) is 13.4. The average Bonchev–Trinajstić information content (AvgIpc) is 2.48. The summed E-state index contributed by atoms with van der Waals surface area (Å²) in [6.45, 7) is 4.76. The fourth-order valence-corrected chi connectivity index (χ4v) is 2.01. The maximum atomic E-state index is 3.39. The van der Waals surface area contributed by atoms with Gasteiger partial charge in [-0.1, -0.05) is 60.5 Å². The SMILES string of the molecule is CC#CCNC(C)c1ccc(-c2ccccc2)cc1. The molecule has 19 heavy (non-hydrogen) atoms. The molecule has 1 atom stereocenters. The van der Waals surface area contributed by atoms with E-state index in [-0.39, 0.29) is 0 Å². The minimum atomic E-state index is 0.325. The zero-order valence-electron chi connectivity index (χ0n) is 11.5. The molecule has 2 aromatic rings. The Kier molecular flexibility index (Phi) is 4.78. The second-order valence-electron chi connectivity index (χ2n) is 4.52. The van der Waals surface area contributed by atoms with E-state index in [1.807, 2.05) is 13.0 Å². The first-order valence-corrected chi connectivity index (χ1v) is 6.59. The molecule has 0 spiro atoms. The van der Waals surface area contributed by atoms with Gasteiger partial charge < -0.3 is 0 Å². The molecule has 1 unspecified atom stereocenters. The Hall–Kier alpha value is -2.04. The number of nitrogens with one attached hydrogen (secondary N) is 1. The van der Waals surface area contributed by atoms with Crippen molar-refractivity contribution in [2.24, 2.45) is 0 Å². The predicted molar refractivity (Wildman–Crippen MR) is 81.7 cm³/mol. The van der Waals surface area contributed by atoms with E-state index in [0.29, 0.717) is 6.04 Å². The van der Waals surface area contributed by atoms with Crippen molar-refractivity contribution >= 4 is 0 Å². The molecule has 0 aliphatic heterocycles. The first-order chi connectivity index (χ1) is 9.31. The van der Waals surface area contributed by atoms with E-state index in [9.17, 15) is 0 Å². The van der Waals surface area contributed by atoms with Gasteiger partial charge in [0.1, 0.15) is 0 Å². The Morgan fingerprint density at radius 1 is 0.947 bits per heavy atom. The van der Waals surface area contributed by atoms with E-state index in [1.165, 1.54) is 16.7 Å². The summed E-state index contributed by atoms with van der Waals surface area (Å²) in [5.74, 6) is 5.92. The second-order valence-corrected chi connectivity index (χ2v) is 4.52. The zero-order chi connectivity index (χ0) is 13.5. The molecule has 0 radical (unpaired) electrons. The number of benzene rings is 2. The molecule has 0 saturated carbocycles. The molecular formula is C18H19N. The Morgan fingerprint density at radius 2 is 1.58 bits per heavy atom. The van der Waals surface area contributed by atoms with Crippen molar-refractivity contribution in [3.8, 4) is 23.0 Å². The van der Waals surface area contributed by atoms with Crippen LogP contribution in [-0.2, 0) is 0 Å². The molecule has 2 rings (SSSR count). The van der Waals surface area contributed by atoms with Gasteiger partial charge in [0.15, 0.2) is 0 Å². The van der Waals surface area contributed by atoms with E-state index in [1.54, 1.807) is 0 Å². The molecule has 0 aliphatic rings. The Morgan fingerprint density at radius 3 is 2.21 bits per heavy atom. The molecule has 1 nitrogen and oxygen atoms in total. The van der Waals surface area contributed by atoms with Crippen LogP contribution in [0.5, 0.6) is 0 Å². The van der Waals surface area contributed by atoms with Crippen molar-refractivity contribution in [1.82, 2.24) is 5.32 Å². The second kappa shape index (κ2) is 6.78. The lowest BCUT2D eigenvalue weighted by Crippen LogP contribution is -2.18.